The van der Waals surface area contributed by atoms with E-state index in [-0.39, 0.29) is 28.6 Å². The Morgan fingerprint density at radius 2 is 2.16 bits per heavy atom. The van der Waals surface area contributed by atoms with E-state index in [1.54, 1.807) is 18.2 Å². The highest BCUT2D eigenvalue weighted by Crippen LogP contribution is 2.43. The van der Waals surface area contributed by atoms with Crippen LogP contribution in [-0.2, 0) is 21.4 Å². The van der Waals surface area contributed by atoms with Gasteiger partial charge in [-0.2, -0.15) is 0 Å². The van der Waals surface area contributed by atoms with Crippen LogP contribution in [0.2, 0.25) is 0 Å². The van der Waals surface area contributed by atoms with Crippen molar-refractivity contribution in [1.82, 2.24) is 15.4 Å². The summed E-state index contributed by atoms with van der Waals surface area (Å²) < 4.78 is 26.1. The summed E-state index contributed by atoms with van der Waals surface area (Å²) in [4.78, 5) is 13.0. The molecule has 0 unspecified atom stereocenters. The predicted molar refractivity (Wildman–Crippen MR) is 99.0 cm³/mol. The molecule has 0 bridgehead atoms. The lowest BCUT2D eigenvalue weighted by atomic mass is 9.67. The molecule has 3 N–H and O–H groups in total. The first-order chi connectivity index (χ1) is 11.5. The molecule has 0 spiro atoms. The molecule has 1 aliphatic heterocycles. The fourth-order valence-electron chi connectivity index (χ4n) is 3.99. The van der Waals surface area contributed by atoms with Crippen molar-refractivity contribution in [3.8, 4) is 0 Å². The van der Waals surface area contributed by atoms with Crippen LogP contribution in [0.4, 0.5) is 0 Å². The summed E-state index contributed by atoms with van der Waals surface area (Å²) in [5, 5.41) is 6.41. The summed E-state index contributed by atoms with van der Waals surface area (Å²) in [7, 11) is -2.08. The van der Waals surface area contributed by atoms with Crippen molar-refractivity contribution < 1.29 is 13.2 Å². The normalized spacial score (nSPS) is 25.7. The third-order valence-corrected chi connectivity index (χ3v) is 6.83. The topological polar surface area (TPSA) is 87.3 Å². The molecule has 2 fully saturated rings. The van der Waals surface area contributed by atoms with Gasteiger partial charge in [0.25, 0.3) is 0 Å². The van der Waals surface area contributed by atoms with Crippen molar-refractivity contribution in [2.75, 3.05) is 20.1 Å². The number of rotatable bonds is 5. The summed E-state index contributed by atoms with van der Waals surface area (Å²) in [5.41, 5.74) is 0.502. The second-order valence-electron chi connectivity index (χ2n) is 6.77. The zero-order valence-corrected chi connectivity index (χ0v) is 16.0. The van der Waals surface area contributed by atoms with Crippen LogP contribution in [0.15, 0.2) is 29.2 Å². The monoisotopic (exact) mass is 387 g/mol. The Morgan fingerprint density at radius 1 is 1.36 bits per heavy atom. The van der Waals surface area contributed by atoms with Crippen LogP contribution < -0.4 is 15.4 Å². The first kappa shape index (κ1) is 20.2. The lowest BCUT2D eigenvalue weighted by Crippen LogP contribution is -2.47. The number of benzene rings is 1. The van der Waals surface area contributed by atoms with Crippen molar-refractivity contribution in [3.05, 3.63) is 29.8 Å². The highest BCUT2D eigenvalue weighted by molar-refractivity contribution is 7.89. The maximum absolute atomic E-state index is 12.8. The minimum Gasteiger partial charge on any atom is -0.351 e. The maximum Gasteiger partial charge on any atom is 0.240 e. The van der Waals surface area contributed by atoms with E-state index in [2.05, 4.69) is 15.4 Å². The molecule has 0 aromatic heterocycles. The maximum atomic E-state index is 12.8. The van der Waals surface area contributed by atoms with Gasteiger partial charge in [-0.3, -0.25) is 4.79 Å². The van der Waals surface area contributed by atoms with Gasteiger partial charge in [0, 0.05) is 13.1 Å². The van der Waals surface area contributed by atoms with E-state index in [1.165, 1.54) is 13.5 Å². The molecule has 1 heterocycles. The number of carbonyl (C=O) groups excluding carboxylic acids is 1. The SMILES string of the molecule is CNS(=O)(=O)c1cccc(CNC(=O)[C@@]23CCCC[C@H]2CNC3)c1.Cl. The predicted octanol–water partition coefficient (Wildman–Crippen LogP) is 1.41. The summed E-state index contributed by atoms with van der Waals surface area (Å²) in [6.45, 7) is 2.02. The third-order valence-electron chi connectivity index (χ3n) is 5.42. The van der Waals surface area contributed by atoms with E-state index in [4.69, 9.17) is 0 Å². The van der Waals surface area contributed by atoms with Gasteiger partial charge < -0.3 is 10.6 Å². The number of hydrogen-bond donors (Lipinski definition) is 3. The Bertz CT molecular complexity index is 726. The van der Waals surface area contributed by atoms with Crippen LogP contribution in [0.3, 0.4) is 0 Å². The van der Waals surface area contributed by atoms with Gasteiger partial charge in [0.2, 0.25) is 15.9 Å². The van der Waals surface area contributed by atoms with Crippen molar-refractivity contribution in [2.45, 2.75) is 37.1 Å². The Labute approximate surface area is 155 Å². The van der Waals surface area contributed by atoms with Gasteiger partial charge in [-0.15, -0.1) is 12.4 Å². The van der Waals surface area contributed by atoms with Gasteiger partial charge in [0.05, 0.1) is 10.3 Å². The quantitative estimate of drug-likeness (QED) is 0.713. The summed E-state index contributed by atoms with van der Waals surface area (Å²) in [6, 6.07) is 6.69. The Kier molecular flexibility index (Phi) is 6.48. The lowest BCUT2D eigenvalue weighted by Gasteiger charge is -2.37. The van der Waals surface area contributed by atoms with Gasteiger partial charge in [-0.25, -0.2) is 13.1 Å². The van der Waals surface area contributed by atoms with Crippen LogP contribution in [0, 0.1) is 11.3 Å². The van der Waals surface area contributed by atoms with E-state index in [0.717, 1.165) is 37.9 Å². The highest BCUT2D eigenvalue weighted by Gasteiger charge is 2.49. The average molecular weight is 388 g/mol. The second-order valence-corrected chi connectivity index (χ2v) is 8.65. The molecular formula is C17H26ClN3O3S. The molecule has 6 nitrogen and oxygen atoms in total. The van der Waals surface area contributed by atoms with E-state index in [9.17, 15) is 13.2 Å². The number of sulfonamides is 1. The number of amides is 1. The fraction of sp³-hybridized carbons (Fsp3) is 0.588. The summed E-state index contributed by atoms with van der Waals surface area (Å²) >= 11 is 0. The van der Waals surface area contributed by atoms with Crippen molar-refractivity contribution >= 4 is 28.3 Å². The molecule has 1 aliphatic carbocycles. The molecule has 1 aromatic carbocycles. The number of fused-ring (bicyclic) bond motifs is 1. The number of carbonyl (C=O) groups is 1. The van der Waals surface area contributed by atoms with Crippen LogP contribution in [-0.4, -0.2) is 34.5 Å². The molecule has 2 atom stereocenters. The standard InChI is InChI=1S/C17H25N3O3S.ClH/c1-18-24(22,23)15-7-4-5-13(9-15)10-20-16(21)17-8-3-2-6-14(17)11-19-12-17;/h4-5,7,9,14,18-19H,2-3,6,8,10-12H2,1H3,(H,20,21);1H/t14-,17+;/m0./s1. The molecular weight excluding hydrogens is 362 g/mol. The molecule has 25 heavy (non-hydrogen) atoms. The molecule has 140 valence electrons. The van der Waals surface area contributed by atoms with Crippen LogP contribution >= 0.6 is 12.4 Å². The second kappa shape index (κ2) is 8.03. The molecule has 1 aromatic rings. The molecule has 2 aliphatic rings. The molecule has 8 heteroatoms. The average Bonchev–Trinajstić information content (AvgIpc) is 3.05. The van der Waals surface area contributed by atoms with Crippen LogP contribution in [0.5, 0.6) is 0 Å². The number of halogens is 1. The smallest absolute Gasteiger partial charge is 0.240 e. The van der Waals surface area contributed by atoms with Crippen LogP contribution in [0.25, 0.3) is 0 Å². The minimum atomic E-state index is -3.47. The number of nitrogens with one attached hydrogen (secondary N) is 3. The van der Waals surface area contributed by atoms with E-state index < -0.39 is 10.0 Å². The Balaban J connectivity index is 0.00000225. The van der Waals surface area contributed by atoms with Gasteiger partial charge in [0.1, 0.15) is 0 Å². The molecule has 3 rings (SSSR count). The summed E-state index contributed by atoms with van der Waals surface area (Å²) in [5.74, 6) is 0.515. The minimum absolute atomic E-state index is 0. The molecule has 0 radical (unpaired) electrons. The van der Waals surface area contributed by atoms with Gasteiger partial charge in [0.15, 0.2) is 0 Å². The Morgan fingerprint density at radius 3 is 2.92 bits per heavy atom. The number of hydrogen-bond acceptors (Lipinski definition) is 4. The first-order valence-corrected chi connectivity index (χ1v) is 9.98. The van der Waals surface area contributed by atoms with E-state index in [1.807, 2.05) is 6.07 Å². The Hall–Kier alpha value is -1.15. The third kappa shape index (κ3) is 4.00. The van der Waals surface area contributed by atoms with Crippen molar-refractivity contribution in [3.63, 3.8) is 0 Å². The van der Waals surface area contributed by atoms with E-state index >= 15 is 0 Å². The molecule has 1 saturated heterocycles. The van der Waals surface area contributed by atoms with Crippen molar-refractivity contribution in [2.24, 2.45) is 11.3 Å². The largest absolute Gasteiger partial charge is 0.351 e. The van der Waals surface area contributed by atoms with E-state index in [0.29, 0.717) is 12.5 Å². The van der Waals surface area contributed by atoms with Gasteiger partial charge in [-0.1, -0.05) is 25.0 Å². The van der Waals surface area contributed by atoms with Crippen molar-refractivity contribution in [1.29, 1.82) is 0 Å². The van der Waals surface area contributed by atoms with Gasteiger partial charge in [-0.05, 0) is 50.0 Å². The van der Waals surface area contributed by atoms with Crippen LogP contribution in [0.1, 0.15) is 31.2 Å². The summed E-state index contributed by atoms with van der Waals surface area (Å²) in [6.07, 6.45) is 4.34. The fourth-order valence-corrected chi connectivity index (χ4v) is 4.79. The van der Waals surface area contributed by atoms with Gasteiger partial charge >= 0.3 is 0 Å². The highest BCUT2D eigenvalue weighted by atomic mass is 35.5. The molecule has 1 saturated carbocycles. The lowest BCUT2D eigenvalue weighted by molar-refractivity contribution is -0.134. The zero-order valence-electron chi connectivity index (χ0n) is 14.4. The molecule has 1 amide bonds. The first-order valence-electron chi connectivity index (χ1n) is 8.49. The zero-order chi connectivity index (χ0) is 17.2.